The predicted octanol–water partition coefficient (Wildman–Crippen LogP) is 2.02. The van der Waals surface area contributed by atoms with Crippen molar-refractivity contribution in [1.29, 1.82) is 0 Å². The van der Waals surface area contributed by atoms with Gasteiger partial charge in [0.25, 0.3) is 5.69 Å². The number of hydrogen-bond donors (Lipinski definition) is 2. The lowest BCUT2D eigenvalue weighted by Crippen LogP contribution is -2.09. The Bertz CT molecular complexity index is 497. The van der Waals surface area contributed by atoms with Crippen LogP contribution in [-0.2, 0) is 6.18 Å². The van der Waals surface area contributed by atoms with Gasteiger partial charge in [0.2, 0.25) is 0 Å². The number of carbonyl (C=O) groups is 1. The molecule has 1 aromatic carbocycles. The van der Waals surface area contributed by atoms with Crippen molar-refractivity contribution < 1.29 is 33.1 Å². The van der Waals surface area contributed by atoms with Crippen LogP contribution in [0, 0.1) is 10.1 Å². The average molecular weight is 251 g/mol. The molecule has 17 heavy (non-hydrogen) atoms. The van der Waals surface area contributed by atoms with Crippen LogP contribution in [0.4, 0.5) is 18.9 Å². The second-order valence-electron chi connectivity index (χ2n) is 2.95. The molecule has 6 nitrogen and oxygen atoms in total. The fourth-order valence-electron chi connectivity index (χ4n) is 1.10. The van der Waals surface area contributed by atoms with E-state index in [9.17, 15) is 28.1 Å². The number of halogens is 3. The maximum atomic E-state index is 12.4. The van der Waals surface area contributed by atoms with Crippen molar-refractivity contribution in [2.45, 2.75) is 6.18 Å². The fourth-order valence-corrected chi connectivity index (χ4v) is 1.10. The first-order valence-corrected chi connectivity index (χ1v) is 3.96. The Labute approximate surface area is 91.1 Å². The summed E-state index contributed by atoms with van der Waals surface area (Å²) in [4.78, 5) is 19.7. The molecule has 0 aliphatic rings. The predicted molar refractivity (Wildman–Crippen MR) is 46.7 cm³/mol. The van der Waals surface area contributed by atoms with E-state index in [0.717, 1.165) is 0 Å². The molecular weight excluding hydrogens is 247 g/mol. The van der Waals surface area contributed by atoms with E-state index >= 15 is 0 Å². The number of hydrogen-bond acceptors (Lipinski definition) is 4. The number of non-ortho nitro benzene ring substituents is 1. The van der Waals surface area contributed by atoms with Gasteiger partial charge in [0, 0.05) is 12.1 Å². The Kier molecular flexibility index (Phi) is 2.94. The van der Waals surface area contributed by atoms with Gasteiger partial charge in [-0.2, -0.15) is 13.2 Å². The van der Waals surface area contributed by atoms with E-state index in [1.807, 2.05) is 0 Å². The quantitative estimate of drug-likeness (QED) is 0.618. The number of nitro benzene ring substituents is 1. The minimum absolute atomic E-state index is 0.0712. The Balaban J connectivity index is 3.60. The maximum absolute atomic E-state index is 12.4. The number of alkyl halides is 3. The van der Waals surface area contributed by atoms with Crippen molar-refractivity contribution in [3.8, 4) is 5.75 Å². The van der Waals surface area contributed by atoms with E-state index in [-0.39, 0.29) is 6.07 Å². The summed E-state index contributed by atoms with van der Waals surface area (Å²) in [6, 6.07) is 0.425. The van der Waals surface area contributed by atoms with Gasteiger partial charge >= 0.3 is 12.1 Å². The lowest BCUT2D eigenvalue weighted by molar-refractivity contribution is -0.385. The molecule has 0 spiro atoms. The molecule has 0 saturated carbocycles. The van der Waals surface area contributed by atoms with Crippen LogP contribution in [0.3, 0.4) is 0 Å². The number of aromatic hydroxyl groups is 1. The SMILES string of the molecule is O=C(O)c1cc([N+](=O)[O-])cc(C(F)(F)F)c1O. The van der Waals surface area contributed by atoms with E-state index in [1.54, 1.807) is 0 Å². The highest BCUT2D eigenvalue weighted by molar-refractivity contribution is 5.92. The molecule has 9 heteroatoms. The van der Waals surface area contributed by atoms with Crippen LogP contribution in [-0.4, -0.2) is 21.1 Å². The van der Waals surface area contributed by atoms with Gasteiger partial charge in [-0.25, -0.2) is 4.79 Å². The topological polar surface area (TPSA) is 101 Å². The van der Waals surface area contributed by atoms with Crippen molar-refractivity contribution in [3.05, 3.63) is 33.4 Å². The van der Waals surface area contributed by atoms with Crippen LogP contribution >= 0.6 is 0 Å². The fraction of sp³-hybridized carbons (Fsp3) is 0.125. The van der Waals surface area contributed by atoms with Crippen molar-refractivity contribution >= 4 is 11.7 Å². The van der Waals surface area contributed by atoms with E-state index in [1.165, 1.54) is 0 Å². The van der Waals surface area contributed by atoms with Gasteiger partial charge in [-0.1, -0.05) is 0 Å². The van der Waals surface area contributed by atoms with Gasteiger partial charge in [-0.3, -0.25) is 10.1 Å². The van der Waals surface area contributed by atoms with E-state index in [2.05, 4.69) is 0 Å². The monoisotopic (exact) mass is 251 g/mol. The molecule has 1 aromatic rings. The molecule has 0 atom stereocenters. The third-order valence-electron chi connectivity index (χ3n) is 1.84. The van der Waals surface area contributed by atoms with Crippen molar-refractivity contribution in [1.82, 2.24) is 0 Å². The van der Waals surface area contributed by atoms with E-state index in [0.29, 0.717) is 6.07 Å². The lowest BCUT2D eigenvalue weighted by atomic mass is 10.1. The summed E-state index contributed by atoms with van der Waals surface area (Å²) in [7, 11) is 0. The Morgan fingerprint density at radius 2 is 1.88 bits per heavy atom. The number of carboxylic acid groups (broad SMARTS) is 1. The van der Waals surface area contributed by atoms with Crippen LogP contribution in [0.25, 0.3) is 0 Å². The Morgan fingerprint density at radius 3 is 2.24 bits per heavy atom. The standard InChI is InChI=1S/C8H4F3NO5/c9-8(10,11)5-2-3(12(16)17)1-4(6(5)13)7(14)15/h1-2,13H,(H,14,15). The Hall–Kier alpha value is -2.32. The molecule has 0 aliphatic carbocycles. The first-order valence-electron chi connectivity index (χ1n) is 3.96. The van der Waals surface area contributed by atoms with Crippen LogP contribution in [0.1, 0.15) is 15.9 Å². The Morgan fingerprint density at radius 1 is 1.35 bits per heavy atom. The van der Waals surface area contributed by atoms with Gasteiger partial charge < -0.3 is 10.2 Å². The van der Waals surface area contributed by atoms with Crippen LogP contribution < -0.4 is 0 Å². The first-order chi connectivity index (χ1) is 7.64. The summed E-state index contributed by atoms with van der Waals surface area (Å²) in [6.07, 6.45) is -5.08. The van der Waals surface area contributed by atoms with Crippen molar-refractivity contribution in [3.63, 3.8) is 0 Å². The second-order valence-corrected chi connectivity index (χ2v) is 2.95. The van der Waals surface area contributed by atoms with Gasteiger partial charge in [0.05, 0.1) is 4.92 Å². The first kappa shape index (κ1) is 12.7. The minimum atomic E-state index is -5.08. The molecule has 0 saturated heterocycles. The van der Waals surface area contributed by atoms with Crippen LogP contribution in [0.2, 0.25) is 0 Å². The molecule has 0 heterocycles. The zero-order valence-electron chi connectivity index (χ0n) is 7.85. The van der Waals surface area contributed by atoms with Gasteiger partial charge in [-0.15, -0.1) is 0 Å². The normalized spacial score (nSPS) is 11.2. The highest BCUT2D eigenvalue weighted by Gasteiger charge is 2.38. The lowest BCUT2D eigenvalue weighted by Gasteiger charge is -2.10. The van der Waals surface area contributed by atoms with Gasteiger partial charge in [0.15, 0.2) is 0 Å². The summed E-state index contributed by atoms with van der Waals surface area (Å²) < 4.78 is 37.1. The molecule has 0 bridgehead atoms. The molecule has 0 aliphatic heterocycles. The number of nitro groups is 1. The van der Waals surface area contributed by atoms with Crippen LogP contribution in [0.5, 0.6) is 5.75 Å². The van der Waals surface area contributed by atoms with Gasteiger partial charge in [0.1, 0.15) is 16.9 Å². The number of nitrogens with zero attached hydrogens (tertiary/aromatic N) is 1. The summed E-state index contributed by atoms with van der Waals surface area (Å²) in [6.45, 7) is 0. The highest BCUT2D eigenvalue weighted by Crippen LogP contribution is 2.39. The number of carboxylic acids is 1. The van der Waals surface area contributed by atoms with E-state index < -0.39 is 39.6 Å². The number of rotatable bonds is 2. The number of benzene rings is 1. The van der Waals surface area contributed by atoms with Crippen molar-refractivity contribution in [2.75, 3.05) is 0 Å². The minimum Gasteiger partial charge on any atom is -0.506 e. The number of aromatic carboxylic acids is 1. The summed E-state index contributed by atoms with van der Waals surface area (Å²) in [5.74, 6) is -3.44. The molecule has 1 rings (SSSR count). The zero-order valence-corrected chi connectivity index (χ0v) is 7.85. The summed E-state index contributed by atoms with van der Waals surface area (Å²) in [5.41, 5.74) is -4.00. The van der Waals surface area contributed by atoms with Crippen LogP contribution in [0.15, 0.2) is 12.1 Å². The molecule has 0 aromatic heterocycles. The van der Waals surface area contributed by atoms with Crippen molar-refractivity contribution in [2.24, 2.45) is 0 Å². The third kappa shape index (κ3) is 2.44. The average Bonchev–Trinajstić information content (AvgIpc) is 2.15. The summed E-state index contributed by atoms with van der Waals surface area (Å²) >= 11 is 0. The molecule has 2 N–H and O–H groups in total. The highest BCUT2D eigenvalue weighted by atomic mass is 19.4. The molecule has 92 valence electrons. The third-order valence-corrected chi connectivity index (χ3v) is 1.84. The second kappa shape index (κ2) is 3.92. The number of phenols is 1. The van der Waals surface area contributed by atoms with E-state index in [4.69, 9.17) is 10.2 Å². The zero-order chi connectivity index (χ0) is 13.4. The largest absolute Gasteiger partial charge is 0.506 e. The maximum Gasteiger partial charge on any atom is 0.420 e. The molecular formula is C8H4F3NO5. The molecule has 0 radical (unpaired) electrons. The smallest absolute Gasteiger partial charge is 0.420 e. The van der Waals surface area contributed by atoms with Gasteiger partial charge in [-0.05, 0) is 0 Å². The molecule has 0 fully saturated rings. The molecule has 0 amide bonds. The summed E-state index contributed by atoms with van der Waals surface area (Å²) in [5, 5.41) is 27.9. The molecule has 0 unspecified atom stereocenters.